The highest BCUT2D eigenvalue weighted by Gasteiger charge is 2.17. The van der Waals surface area contributed by atoms with E-state index in [4.69, 9.17) is 28.9 Å². The number of hydrogen-bond acceptors (Lipinski definition) is 4. The van der Waals surface area contributed by atoms with Crippen LogP contribution in [0.1, 0.15) is 24.2 Å². The Balaban J connectivity index is 2.29. The molecule has 6 heteroatoms. The molecule has 0 aliphatic carbocycles. The summed E-state index contributed by atoms with van der Waals surface area (Å²) in [5.74, 6) is 0. The summed E-state index contributed by atoms with van der Waals surface area (Å²) in [6, 6.07) is 3.45. The fraction of sp³-hybridized carbons (Fsp3) is 0.286. The first-order valence-electron chi connectivity index (χ1n) is 6.34. The van der Waals surface area contributed by atoms with E-state index in [9.17, 15) is 0 Å². The number of pyridine rings is 2. The summed E-state index contributed by atoms with van der Waals surface area (Å²) < 4.78 is 0. The average Bonchev–Trinajstić information content (AvgIpc) is 2.41. The van der Waals surface area contributed by atoms with Gasteiger partial charge in [-0.05, 0) is 30.7 Å². The monoisotopic (exact) mass is 310 g/mol. The quantitative estimate of drug-likeness (QED) is 0.889. The fourth-order valence-electron chi connectivity index (χ4n) is 2.02. The highest BCUT2D eigenvalue weighted by Crippen LogP contribution is 2.27. The van der Waals surface area contributed by atoms with Crippen LogP contribution in [0, 0.1) is 0 Å². The molecular formula is C14H16Cl2N4. The number of rotatable bonds is 5. The van der Waals surface area contributed by atoms with Crippen LogP contribution in [0.5, 0.6) is 0 Å². The third-order valence-electron chi connectivity index (χ3n) is 2.98. The first-order valence-corrected chi connectivity index (χ1v) is 7.10. The maximum Gasteiger partial charge on any atom is 0.0763 e. The molecule has 2 aromatic rings. The van der Waals surface area contributed by atoms with Crippen LogP contribution in [0.4, 0.5) is 5.69 Å². The summed E-state index contributed by atoms with van der Waals surface area (Å²) in [4.78, 5) is 8.44. The van der Waals surface area contributed by atoms with Gasteiger partial charge in [0, 0.05) is 24.3 Å². The molecule has 4 nitrogen and oxygen atoms in total. The molecule has 0 fully saturated rings. The molecule has 0 bridgehead atoms. The molecule has 0 radical (unpaired) electrons. The minimum absolute atomic E-state index is 0.0312. The van der Waals surface area contributed by atoms with Crippen LogP contribution in [0.15, 0.2) is 30.7 Å². The van der Waals surface area contributed by atoms with E-state index in [-0.39, 0.29) is 6.04 Å². The number of nitrogens with one attached hydrogen (secondary N) is 1. The van der Waals surface area contributed by atoms with Gasteiger partial charge in [-0.15, -0.1) is 0 Å². The van der Waals surface area contributed by atoms with Crippen molar-refractivity contribution in [1.82, 2.24) is 15.3 Å². The van der Waals surface area contributed by atoms with Crippen LogP contribution in [0.3, 0.4) is 0 Å². The summed E-state index contributed by atoms with van der Waals surface area (Å²) in [7, 11) is 0. The van der Waals surface area contributed by atoms with Crippen LogP contribution in [-0.4, -0.2) is 16.5 Å². The molecule has 0 aromatic carbocycles. The lowest BCUT2D eigenvalue weighted by atomic mass is 10.0. The van der Waals surface area contributed by atoms with E-state index in [1.807, 2.05) is 6.92 Å². The lowest BCUT2D eigenvalue weighted by molar-refractivity contribution is 0.537. The van der Waals surface area contributed by atoms with Crippen LogP contribution < -0.4 is 11.1 Å². The number of anilines is 1. The lowest BCUT2D eigenvalue weighted by Gasteiger charge is -2.19. The van der Waals surface area contributed by atoms with Crippen molar-refractivity contribution >= 4 is 28.9 Å². The van der Waals surface area contributed by atoms with Crippen LogP contribution in [0.2, 0.25) is 10.0 Å². The van der Waals surface area contributed by atoms with E-state index < -0.39 is 0 Å². The Kier molecular flexibility index (Phi) is 5.17. The molecule has 0 spiro atoms. The van der Waals surface area contributed by atoms with Gasteiger partial charge in [-0.25, -0.2) is 0 Å². The Labute approximate surface area is 128 Å². The molecule has 0 aliphatic heterocycles. The van der Waals surface area contributed by atoms with Gasteiger partial charge >= 0.3 is 0 Å². The topological polar surface area (TPSA) is 63.8 Å². The molecule has 1 atom stereocenters. The molecule has 2 aromatic heterocycles. The maximum atomic E-state index is 6.23. The highest BCUT2D eigenvalue weighted by molar-refractivity contribution is 6.34. The largest absolute Gasteiger partial charge is 0.398 e. The number of halogens is 2. The molecule has 2 rings (SSSR count). The Morgan fingerprint density at radius 2 is 2.15 bits per heavy atom. The first-order chi connectivity index (χ1) is 9.61. The predicted octanol–water partition coefficient (Wildman–Crippen LogP) is 3.26. The van der Waals surface area contributed by atoms with E-state index in [0.717, 1.165) is 17.8 Å². The van der Waals surface area contributed by atoms with Gasteiger partial charge in [0.15, 0.2) is 0 Å². The number of aromatic nitrogens is 2. The van der Waals surface area contributed by atoms with Crippen molar-refractivity contribution in [2.75, 3.05) is 12.3 Å². The molecule has 0 saturated heterocycles. The number of nitrogens with zero attached hydrogens (tertiary/aromatic N) is 2. The van der Waals surface area contributed by atoms with Crippen LogP contribution >= 0.6 is 23.2 Å². The van der Waals surface area contributed by atoms with Crippen molar-refractivity contribution in [3.8, 4) is 0 Å². The SMILES string of the molecule is CCNC(Cc1cnccc1N)c1ncc(Cl)cc1Cl. The maximum absolute atomic E-state index is 6.23. The summed E-state index contributed by atoms with van der Waals surface area (Å²) in [5, 5.41) is 4.43. The van der Waals surface area contributed by atoms with E-state index in [1.165, 1.54) is 0 Å². The zero-order chi connectivity index (χ0) is 14.5. The smallest absolute Gasteiger partial charge is 0.0763 e. The molecule has 3 N–H and O–H groups in total. The van der Waals surface area contributed by atoms with Gasteiger partial charge in [-0.2, -0.15) is 0 Å². The zero-order valence-corrected chi connectivity index (χ0v) is 12.6. The highest BCUT2D eigenvalue weighted by atomic mass is 35.5. The average molecular weight is 311 g/mol. The van der Waals surface area contributed by atoms with Crippen molar-refractivity contribution in [1.29, 1.82) is 0 Å². The summed E-state index contributed by atoms with van der Waals surface area (Å²) in [6.07, 6.45) is 5.71. The Morgan fingerprint density at radius 3 is 2.80 bits per heavy atom. The van der Waals surface area contributed by atoms with Crippen molar-refractivity contribution in [2.24, 2.45) is 0 Å². The molecule has 0 aliphatic rings. The minimum atomic E-state index is -0.0312. The minimum Gasteiger partial charge on any atom is -0.398 e. The first kappa shape index (κ1) is 15.0. The number of hydrogen-bond donors (Lipinski definition) is 2. The van der Waals surface area contributed by atoms with E-state index >= 15 is 0 Å². The number of likely N-dealkylation sites (N-methyl/N-ethyl adjacent to an activating group) is 1. The Hall–Kier alpha value is -1.36. The van der Waals surface area contributed by atoms with Gasteiger partial charge in [0.25, 0.3) is 0 Å². The molecule has 106 valence electrons. The third kappa shape index (κ3) is 3.60. The van der Waals surface area contributed by atoms with Crippen molar-refractivity contribution in [3.63, 3.8) is 0 Å². The van der Waals surface area contributed by atoms with Gasteiger partial charge in [0.1, 0.15) is 0 Å². The number of nitrogens with two attached hydrogens (primary N) is 1. The van der Waals surface area contributed by atoms with Crippen molar-refractivity contribution in [2.45, 2.75) is 19.4 Å². The summed E-state index contributed by atoms with van der Waals surface area (Å²) in [5.41, 5.74) is 8.41. The van der Waals surface area contributed by atoms with Gasteiger partial charge in [-0.3, -0.25) is 9.97 Å². The van der Waals surface area contributed by atoms with Crippen molar-refractivity contribution < 1.29 is 0 Å². The second-order valence-corrected chi connectivity index (χ2v) is 5.25. The molecule has 20 heavy (non-hydrogen) atoms. The predicted molar refractivity (Wildman–Crippen MR) is 83.0 cm³/mol. The van der Waals surface area contributed by atoms with Gasteiger partial charge in [-0.1, -0.05) is 30.1 Å². The zero-order valence-electron chi connectivity index (χ0n) is 11.1. The number of nitrogen functional groups attached to an aromatic ring is 1. The molecule has 0 amide bonds. The molecule has 1 unspecified atom stereocenters. The lowest BCUT2D eigenvalue weighted by Crippen LogP contribution is -2.24. The fourth-order valence-corrected chi connectivity index (χ4v) is 2.53. The van der Waals surface area contributed by atoms with E-state index in [2.05, 4.69) is 15.3 Å². The van der Waals surface area contributed by atoms with E-state index in [1.54, 1.807) is 30.7 Å². The van der Waals surface area contributed by atoms with Gasteiger partial charge in [0.05, 0.1) is 21.8 Å². The second-order valence-electron chi connectivity index (χ2n) is 4.41. The molecular weight excluding hydrogens is 295 g/mol. The summed E-state index contributed by atoms with van der Waals surface area (Å²) >= 11 is 12.1. The second kappa shape index (κ2) is 6.88. The van der Waals surface area contributed by atoms with Crippen LogP contribution in [0.25, 0.3) is 0 Å². The van der Waals surface area contributed by atoms with Crippen molar-refractivity contribution in [3.05, 3.63) is 52.0 Å². The Bertz CT molecular complexity index is 589. The normalized spacial score (nSPS) is 12.3. The third-order valence-corrected chi connectivity index (χ3v) is 3.49. The van der Waals surface area contributed by atoms with Crippen LogP contribution in [-0.2, 0) is 6.42 Å². The summed E-state index contributed by atoms with van der Waals surface area (Å²) in [6.45, 7) is 2.83. The van der Waals surface area contributed by atoms with Gasteiger partial charge < -0.3 is 11.1 Å². The molecule has 0 saturated carbocycles. The molecule has 2 heterocycles. The van der Waals surface area contributed by atoms with E-state index in [0.29, 0.717) is 22.2 Å². The Morgan fingerprint density at radius 1 is 1.35 bits per heavy atom. The van der Waals surface area contributed by atoms with Gasteiger partial charge in [0.2, 0.25) is 0 Å². The standard InChI is InChI=1S/C14H16Cl2N4/c1-2-19-13(5-9-7-18-4-3-12(9)17)14-11(16)6-10(15)8-20-14/h3-4,6-8,13,19H,2,5H2,1H3,(H2,17,18).